The Kier molecular flexibility index (Phi) is 3.67. The second-order valence-corrected chi connectivity index (χ2v) is 5.34. The zero-order valence-corrected chi connectivity index (χ0v) is 12.2. The van der Waals surface area contributed by atoms with Gasteiger partial charge in [-0.15, -0.1) is 0 Å². The van der Waals surface area contributed by atoms with Crippen LogP contribution in [0.4, 0.5) is 11.5 Å². The number of nitrogen functional groups attached to an aromatic ring is 1. The lowest BCUT2D eigenvalue weighted by Crippen LogP contribution is -2.07. The highest BCUT2D eigenvalue weighted by Crippen LogP contribution is 2.26. The molecule has 0 fully saturated rings. The van der Waals surface area contributed by atoms with Gasteiger partial charge in [-0.1, -0.05) is 15.9 Å². The molecular weight excluding hydrogens is 368 g/mol. The first-order valence-electron chi connectivity index (χ1n) is 4.88. The second kappa shape index (κ2) is 5.07. The SMILES string of the molecule is Nc1c(Br)cnn1Cc1ccc(Br)cc1[N+](=O)[O-]. The summed E-state index contributed by atoms with van der Waals surface area (Å²) in [5.41, 5.74) is 6.37. The Bertz CT molecular complexity index is 612. The van der Waals surface area contributed by atoms with Gasteiger partial charge in [-0.3, -0.25) is 10.1 Å². The molecule has 2 rings (SSSR count). The van der Waals surface area contributed by atoms with Crippen LogP contribution in [0.3, 0.4) is 0 Å². The molecule has 0 atom stereocenters. The third-order valence-electron chi connectivity index (χ3n) is 2.40. The standard InChI is InChI=1S/C10H8Br2N4O2/c11-7-2-1-6(9(3-7)16(17)18)5-15-10(13)8(12)4-14-15/h1-4H,5,13H2. The van der Waals surface area contributed by atoms with Crippen molar-refractivity contribution in [1.29, 1.82) is 0 Å². The van der Waals surface area contributed by atoms with Crippen LogP contribution in [0.1, 0.15) is 5.56 Å². The minimum Gasteiger partial charge on any atom is -0.383 e. The Morgan fingerprint density at radius 1 is 1.44 bits per heavy atom. The topological polar surface area (TPSA) is 87.0 Å². The van der Waals surface area contributed by atoms with Gasteiger partial charge in [-0.05, 0) is 28.1 Å². The first-order chi connectivity index (χ1) is 8.49. The number of benzene rings is 1. The molecule has 8 heteroatoms. The van der Waals surface area contributed by atoms with Gasteiger partial charge < -0.3 is 5.73 Å². The monoisotopic (exact) mass is 374 g/mol. The summed E-state index contributed by atoms with van der Waals surface area (Å²) < 4.78 is 2.83. The van der Waals surface area contributed by atoms with Gasteiger partial charge in [0.25, 0.3) is 5.69 Å². The van der Waals surface area contributed by atoms with E-state index in [0.29, 0.717) is 20.3 Å². The fraction of sp³-hybridized carbons (Fsp3) is 0.100. The molecule has 0 unspecified atom stereocenters. The summed E-state index contributed by atoms with van der Waals surface area (Å²) >= 11 is 6.45. The molecule has 0 bridgehead atoms. The van der Waals surface area contributed by atoms with Crippen molar-refractivity contribution < 1.29 is 4.92 Å². The first kappa shape index (κ1) is 13.0. The highest BCUT2D eigenvalue weighted by atomic mass is 79.9. The van der Waals surface area contributed by atoms with Crippen LogP contribution in [-0.2, 0) is 6.54 Å². The molecule has 6 nitrogen and oxygen atoms in total. The number of hydrogen-bond donors (Lipinski definition) is 1. The minimum atomic E-state index is -0.422. The quantitative estimate of drug-likeness (QED) is 0.659. The molecule has 0 saturated carbocycles. The van der Waals surface area contributed by atoms with Gasteiger partial charge in [0.05, 0.1) is 27.7 Å². The maximum Gasteiger partial charge on any atom is 0.275 e. The van der Waals surface area contributed by atoms with Crippen molar-refractivity contribution in [2.24, 2.45) is 0 Å². The number of halogens is 2. The van der Waals surface area contributed by atoms with Crippen LogP contribution in [-0.4, -0.2) is 14.7 Å². The summed E-state index contributed by atoms with van der Waals surface area (Å²) in [6.07, 6.45) is 1.56. The fourth-order valence-corrected chi connectivity index (χ4v) is 2.15. The molecule has 1 heterocycles. The summed E-state index contributed by atoms with van der Waals surface area (Å²) in [7, 11) is 0. The minimum absolute atomic E-state index is 0.0374. The van der Waals surface area contributed by atoms with Crippen molar-refractivity contribution in [2.75, 3.05) is 5.73 Å². The summed E-state index contributed by atoms with van der Waals surface area (Å²) in [5.74, 6) is 0.437. The normalized spacial score (nSPS) is 10.6. The van der Waals surface area contributed by atoms with Crippen molar-refractivity contribution in [3.05, 3.63) is 49.0 Å². The largest absolute Gasteiger partial charge is 0.383 e. The predicted octanol–water partition coefficient (Wildman–Crippen LogP) is 2.95. The number of hydrogen-bond acceptors (Lipinski definition) is 4. The molecule has 1 aromatic carbocycles. The van der Waals surface area contributed by atoms with E-state index in [1.165, 1.54) is 10.7 Å². The van der Waals surface area contributed by atoms with Crippen LogP contribution in [0.15, 0.2) is 33.3 Å². The lowest BCUT2D eigenvalue weighted by Gasteiger charge is -2.05. The van der Waals surface area contributed by atoms with Crippen molar-refractivity contribution in [3.8, 4) is 0 Å². The summed E-state index contributed by atoms with van der Waals surface area (Å²) in [5, 5.41) is 15.0. The third kappa shape index (κ3) is 2.54. The molecule has 0 radical (unpaired) electrons. The third-order valence-corrected chi connectivity index (χ3v) is 3.50. The van der Waals surface area contributed by atoms with E-state index in [4.69, 9.17) is 5.73 Å². The van der Waals surface area contributed by atoms with Gasteiger partial charge in [-0.25, -0.2) is 4.68 Å². The Balaban J connectivity index is 2.40. The van der Waals surface area contributed by atoms with E-state index in [2.05, 4.69) is 37.0 Å². The number of nitro benzene ring substituents is 1. The Morgan fingerprint density at radius 2 is 2.17 bits per heavy atom. The van der Waals surface area contributed by atoms with Crippen molar-refractivity contribution in [3.63, 3.8) is 0 Å². The number of nitro groups is 1. The van der Waals surface area contributed by atoms with E-state index in [-0.39, 0.29) is 12.2 Å². The summed E-state index contributed by atoms with van der Waals surface area (Å²) in [6, 6.07) is 4.89. The van der Waals surface area contributed by atoms with E-state index in [0.717, 1.165) is 0 Å². The maximum absolute atomic E-state index is 11.0. The average molecular weight is 376 g/mol. The summed E-state index contributed by atoms with van der Waals surface area (Å²) in [6.45, 7) is 0.251. The first-order valence-corrected chi connectivity index (χ1v) is 6.47. The number of aromatic nitrogens is 2. The van der Waals surface area contributed by atoms with Crippen LogP contribution >= 0.6 is 31.9 Å². The Labute approximate surface area is 119 Å². The molecule has 0 aliphatic rings. The molecule has 0 spiro atoms. The molecule has 2 aromatic rings. The maximum atomic E-state index is 11.0. The van der Waals surface area contributed by atoms with Crippen LogP contribution in [0.2, 0.25) is 0 Å². The number of nitrogens with zero attached hydrogens (tertiary/aromatic N) is 3. The van der Waals surface area contributed by atoms with Gasteiger partial charge in [-0.2, -0.15) is 5.10 Å². The van der Waals surface area contributed by atoms with Crippen LogP contribution < -0.4 is 5.73 Å². The van der Waals surface area contributed by atoms with Crippen molar-refractivity contribution in [2.45, 2.75) is 6.54 Å². The lowest BCUT2D eigenvalue weighted by molar-refractivity contribution is -0.385. The average Bonchev–Trinajstić information content (AvgIpc) is 2.63. The van der Waals surface area contributed by atoms with Crippen LogP contribution in [0.5, 0.6) is 0 Å². The zero-order chi connectivity index (χ0) is 13.3. The smallest absolute Gasteiger partial charge is 0.275 e. The van der Waals surface area contributed by atoms with Gasteiger partial charge in [0.2, 0.25) is 0 Å². The van der Waals surface area contributed by atoms with Crippen LogP contribution in [0, 0.1) is 10.1 Å². The second-order valence-electron chi connectivity index (χ2n) is 3.57. The van der Waals surface area contributed by atoms with Crippen LogP contribution in [0.25, 0.3) is 0 Å². The van der Waals surface area contributed by atoms with E-state index in [1.54, 1.807) is 18.3 Å². The highest BCUT2D eigenvalue weighted by molar-refractivity contribution is 9.10. The van der Waals surface area contributed by atoms with Crippen molar-refractivity contribution in [1.82, 2.24) is 9.78 Å². The molecule has 0 aliphatic carbocycles. The van der Waals surface area contributed by atoms with E-state index in [1.807, 2.05) is 0 Å². The number of anilines is 1. The van der Waals surface area contributed by atoms with Gasteiger partial charge in [0.1, 0.15) is 5.82 Å². The molecule has 0 aliphatic heterocycles. The summed E-state index contributed by atoms with van der Waals surface area (Å²) in [4.78, 5) is 10.5. The molecule has 0 saturated heterocycles. The lowest BCUT2D eigenvalue weighted by atomic mass is 10.2. The molecule has 0 amide bonds. The number of rotatable bonds is 3. The molecule has 94 valence electrons. The van der Waals surface area contributed by atoms with Gasteiger partial charge >= 0.3 is 0 Å². The van der Waals surface area contributed by atoms with Gasteiger partial charge in [0, 0.05) is 10.5 Å². The van der Waals surface area contributed by atoms with E-state index >= 15 is 0 Å². The highest BCUT2D eigenvalue weighted by Gasteiger charge is 2.16. The number of nitrogens with two attached hydrogens (primary N) is 1. The van der Waals surface area contributed by atoms with Gasteiger partial charge in [0.15, 0.2) is 0 Å². The van der Waals surface area contributed by atoms with E-state index in [9.17, 15) is 10.1 Å². The predicted molar refractivity (Wildman–Crippen MR) is 74.2 cm³/mol. The van der Waals surface area contributed by atoms with Crippen molar-refractivity contribution >= 4 is 43.4 Å². The molecular formula is C10H8Br2N4O2. The fourth-order valence-electron chi connectivity index (χ4n) is 1.50. The van der Waals surface area contributed by atoms with E-state index < -0.39 is 4.92 Å². The Morgan fingerprint density at radius 3 is 2.72 bits per heavy atom. The molecule has 1 aromatic heterocycles. The molecule has 2 N–H and O–H groups in total. The Hall–Kier alpha value is -1.41. The molecule has 18 heavy (non-hydrogen) atoms. The zero-order valence-electron chi connectivity index (χ0n) is 9.01.